The number of methoxy groups -OCH3 is 2. The minimum Gasteiger partial charge on any atom is -0.507 e. The van der Waals surface area contributed by atoms with E-state index >= 15 is 0 Å². The van der Waals surface area contributed by atoms with Crippen LogP contribution in [0, 0.1) is 0 Å². The van der Waals surface area contributed by atoms with Gasteiger partial charge in [0.05, 0.1) is 14.2 Å². The molecular formula is C16H17N3O3. The highest BCUT2D eigenvalue weighted by atomic mass is 16.5. The lowest BCUT2D eigenvalue weighted by molar-refractivity contribution is 0.365. The standard InChI is InChI=1S/C16H17N3O3/c1-21-15-9-8-12(16(19-15)22-2)18-14(17)10-13(20)11-6-4-3-5-7-11/h3-10,20H,1-2H3,(H2,17,18)/b13-10-. The minimum atomic E-state index is 0.0299. The lowest BCUT2D eigenvalue weighted by atomic mass is 10.2. The van der Waals surface area contributed by atoms with E-state index in [2.05, 4.69) is 9.98 Å². The predicted octanol–water partition coefficient (Wildman–Crippen LogP) is 2.69. The zero-order valence-electron chi connectivity index (χ0n) is 12.4. The van der Waals surface area contributed by atoms with E-state index in [4.69, 9.17) is 15.2 Å². The molecule has 1 aromatic heterocycles. The molecule has 6 heteroatoms. The molecule has 0 fully saturated rings. The van der Waals surface area contributed by atoms with Crippen LogP contribution in [0.25, 0.3) is 5.76 Å². The van der Waals surface area contributed by atoms with Gasteiger partial charge in [-0.15, -0.1) is 0 Å². The van der Waals surface area contributed by atoms with Crippen molar-refractivity contribution < 1.29 is 14.6 Å². The quantitative estimate of drug-likeness (QED) is 0.503. The molecule has 0 bridgehead atoms. The molecule has 0 saturated carbocycles. The molecule has 6 nitrogen and oxygen atoms in total. The summed E-state index contributed by atoms with van der Waals surface area (Å²) in [6, 6.07) is 12.4. The first kappa shape index (κ1) is 15.4. The van der Waals surface area contributed by atoms with E-state index in [9.17, 15) is 5.11 Å². The number of hydrogen-bond donors (Lipinski definition) is 2. The first-order valence-electron chi connectivity index (χ1n) is 6.53. The average molecular weight is 299 g/mol. The summed E-state index contributed by atoms with van der Waals surface area (Å²) in [6.07, 6.45) is 1.37. The molecule has 0 saturated heterocycles. The van der Waals surface area contributed by atoms with E-state index in [1.807, 2.05) is 18.2 Å². The Morgan fingerprint density at radius 3 is 2.50 bits per heavy atom. The second-order valence-electron chi connectivity index (χ2n) is 4.31. The van der Waals surface area contributed by atoms with Crippen molar-refractivity contribution in [2.45, 2.75) is 0 Å². The molecule has 22 heavy (non-hydrogen) atoms. The number of ether oxygens (including phenoxy) is 2. The van der Waals surface area contributed by atoms with Gasteiger partial charge in [-0.25, -0.2) is 4.99 Å². The van der Waals surface area contributed by atoms with Crippen LogP contribution in [0.3, 0.4) is 0 Å². The molecular weight excluding hydrogens is 282 g/mol. The Kier molecular flexibility index (Phi) is 4.98. The van der Waals surface area contributed by atoms with Gasteiger partial charge < -0.3 is 20.3 Å². The maximum Gasteiger partial charge on any atom is 0.243 e. The number of aliphatic hydroxyl groups is 1. The number of aliphatic imine (C=N–C) groups is 1. The average Bonchev–Trinajstić information content (AvgIpc) is 2.55. The van der Waals surface area contributed by atoms with Gasteiger partial charge in [0.15, 0.2) is 0 Å². The Morgan fingerprint density at radius 1 is 1.14 bits per heavy atom. The number of nitrogens with zero attached hydrogens (tertiary/aromatic N) is 2. The monoisotopic (exact) mass is 299 g/mol. The van der Waals surface area contributed by atoms with Crippen LogP contribution in [0.2, 0.25) is 0 Å². The Morgan fingerprint density at radius 2 is 1.86 bits per heavy atom. The highest BCUT2D eigenvalue weighted by molar-refractivity contribution is 5.98. The number of nitrogens with two attached hydrogens (primary N) is 1. The Labute approximate surface area is 128 Å². The van der Waals surface area contributed by atoms with Crippen molar-refractivity contribution in [2.75, 3.05) is 14.2 Å². The van der Waals surface area contributed by atoms with Crippen molar-refractivity contribution in [1.82, 2.24) is 4.98 Å². The van der Waals surface area contributed by atoms with E-state index in [-0.39, 0.29) is 17.5 Å². The molecule has 1 heterocycles. The van der Waals surface area contributed by atoms with Crippen LogP contribution < -0.4 is 15.2 Å². The van der Waals surface area contributed by atoms with Gasteiger partial charge in [-0.05, 0) is 6.07 Å². The molecule has 0 amide bonds. The van der Waals surface area contributed by atoms with Crippen molar-refractivity contribution in [3.05, 3.63) is 54.1 Å². The number of pyridine rings is 1. The smallest absolute Gasteiger partial charge is 0.243 e. The van der Waals surface area contributed by atoms with Gasteiger partial charge in [0, 0.05) is 17.7 Å². The number of hydrogen-bond acceptors (Lipinski definition) is 5. The SMILES string of the molecule is COc1ccc(N=C(N)/C=C(\O)c2ccccc2)c(OC)n1. The van der Waals surface area contributed by atoms with Gasteiger partial charge in [-0.3, -0.25) is 0 Å². The lowest BCUT2D eigenvalue weighted by Crippen LogP contribution is -2.08. The summed E-state index contributed by atoms with van der Waals surface area (Å²) in [5.74, 6) is 0.862. The second kappa shape index (κ2) is 7.12. The molecule has 114 valence electrons. The first-order valence-corrected chi connectivity index (χ1v) is 6.53. The second-order valence-corrected chi connectivity index (χ2v) is 4.31. The molecule has 0 aliphatic heterocycles. The van der Waals surface area contributed by atoms with Crippen LogP contribution in [0.1, 0.15) is 5.56 Å². The van der Waals surface area contributed by atoms with Crippen LogP contribution in [0.5, 0.6) is 11.8 Å². The number of benzene rings is 1. The fourth-order valence-electron chi connectivity index (χ4n) is 1.77. The summed E-state index contributed by atoms with van der Waals surface area (Å²) in [4.78, 5) is 8.30. The third-order valence-electron chi connectivity index (χ3n) is 2.82. The summed E-state index contributed by atoms with van der Waals surface area (Å²) >= 11 is 0. The third-order valence-corrected chi connectivity index (χ3v) is 2.82. The molecule has 1 aromatic carbocycles. The molecule has 0 atom stereocenters. The summed E-state index contributed by atoms with van der Waals surface area (Å²) < 4.78 is 10.2. The molecule has 2 aromatic rings. The van der Waals surface area contributed by atoms with Crippen LogP contribution in [0.4, 0.5) is 5.69 Å². The first-order chi connectivity index (χ1) is 10.6. The number of rotatable bonds is 5. The van der Waals surface area contributed by atoms with Crippen molar-refractivity contribution in [2.24, 2.45) is 10.7 Å². The van der Waals surface area contributed by atoms with Crippen LogP contribution in [-0.4, -0.2) is 30.1 Å². The van der Waals surface area contributed by atoms with E-state index in [0.717, 1.165) is 0 Å². The number of amidine groups is 1. The Bertz CT molecular complexity index is 697. The normalized spacial score (nSPS) is 12.1. The van der Waals surface area contributed by atoms with Crippen molar-refractivity contribution in [3.63, 3.8) is 0 Å². The molecule has 0 radical (unpaired) electrons. The highest BCUT2D eigenvalue weighted by Crippen LogP contribution is 2.27. The fraction of sp³-hybridized carbons (Fsp3) is 0.125. The van der Waals surface area contributed by atoms with E-state index in [0.29, 0.717) is 17.1 Å². The summed E-state index contributed by atoms with van der Waals surface area (Å²) in [5, 5.41) is 10.0. The topological polar surface area (TPSA) is 90.0 Å². The largest absolute Gasteiger partial charge is 0.507 e. The summed E-state index contributed by atoms with van der Waals surface area (Å²) in [6.45, 7) is 0. The third kappa shape index (κ3) is 3.76. The number of aliphatic hydroxyl groups excluding tert-OH is 1. The van der Waals surface area contributed by atoms with Crippen LogP contribution in [0.15, 0.2) is 53.5 Å². The zero-order chi connectivity index (χ0) is 15.9. The minimum absolute atomic E-state index is 0.0299. The van der Waals surface area contributed by atoms with Gasteiger partial charge >= 0.3 is 0 Å². The Balaban J connectivity index is 2.29. The molecule has 0 unspecified atom stereocenters. The van der Waals surface area contributed by atoms with Crippen molar-refractivity contribution in [3.8, 4) is 11.8 Å². The van der Waals surface area contributed by atoms with E-state index in [1.165, 1.54) is 20.3 Å². The van der Waals surface area contributed by atoms with E-state index in [1.54, 1.807) is 24.3 Å². The number of aromatic nitrogens is 1. The van der Waals surface area contributed by atoms with Gasteiger partial charge in [-0.1, -0.05) is 30.3 Å². The maximum atomic E-state index is 10.0. The molecule has 0 aliphatic rings. The van der Waals surface area contributed by atoms with Gasteiger partial charge in [0.25, 0.3) is 0 Å². The Hall–Kier alpha value is -3.02. The molecule has 0 aliphatic carbocycles. The predicted molar refractivity (Wildman–Crippen MR) is 85.7 cm³/mol. The van der Waals surface area contributed by atoms with Gasteiger partial charge in [0.2, 0.25) is 11.8 Å². The van der Waals surface area contributed by atoms with Crippen molar-refractivity contribution >= 4 is 17.3 Å². The maximum absolute atomic E-state index is 10.0. The van der Waals surface area contributed by atoms with Gasteiger partial charge in [-0.2, -0.15) is 4.98 Å². The van der Waals surface area contributed by atoms with Crippen molar-refractivity contribution in [1.29, 1.82) is 0 Å². The highest BCUT2D eigenvalue weighted by Gasteiger charge is 2.06. The molecule has 2 rings (SSSR count). The lowest BCUT2D eigenvalue weighted by Gasteiger charge is -2.06. The zero-order valence-corrected chi connectivity index (χ0v) is 12.4. The fourth-order valence-corrected chi connectivity index (χ4v) is 1.77. The van der Waals surface area contributed by atoms with E-state index < -0.39 is 0 Å². The molecule has 3 N–H and O–H groups in total. The summed E-state index contributed by atoms with van der Waals surface area (Å²) in [5.41, 5.74) is 6.93. The van der Waals surface area contributed by atoms with Crippen LogP contribution >= 0.6 is 0 Å². The van der Waals surface area contributed by atoms with Crippen LogP contribution in [-0.2, 0) is 0 Å². The molecule has 0 spiro atoms. The summed E-state index contributed by atoms with van der Waals surface area (Å²) in [7, 11) is 2.99. The van der Waals surface area contributed by atoms with Gasteiger partial charge in [0.1, 0.15) is 17.3 Å².